The molecule has 1 saturated heterocycles. The van der Waals surface area contributed by atoms with E-state index in [1.54, 1.807) is 0 Å². The average Bonchev–Trinajstić information content (AvgIpc) is 2.73. The predicted octanol–water partition coefficient (Wildman–Crippen LogP) is 0.621. The van der Waals surface area contributed by atoms with Crippen molar-refractivity contribution in [1.29, 1.82) is 0 Å². The van der Waals surface area contributed by atoms with Crippen LogP contribution in [0, 0.1) is 0 Å². The molecular formula is C22H28IN2O2-. The van der Waals surface area contributed by atoms with Gasteiger partial charge in [0.2, 0.25) is 0 Å². The normalized spacial score (nSPS) is 17.3. The molecule has 0 spiro atoms. The maximum absolute atomic E-state index is 13.6. The molecule has 0 saturated carbocycles. The van der Waals surface area contributed by atoms with Crippen LogP contribution in [0.1, 0.15) is 29.3 Å². The molecule has 4 nitrogen and oxygen atoms in total. The van der Waals surface area contributed by atoms with Gasteiger partial charge in [0.15, 0.2) is 0 Å². The van der Waals surface area contributed by atoms with Gasteiger partial charge in [-0.15, -0.1) is 0 Å². The number of carbonyl (C=O) groups excluding carboxylic acids is 1. The molecule has 1 fully saturated rings. The van der Waals surface area contributed by atoms with E-state index in [4.69, 9.17) is 4.74 Å². The van der Waals surface area contributed by atoms with Crippen molar-refractivity contribution in [3.05, 3.63) is 65.7 Å². The van der Waals surface area contributed by atoms with Crippen molar-refractivity contribution >= 4 is 11.5 Å². The van der Waals surface area contributed by atoms with Gasteiger partial charge in [-0.3, -0.25) is 0 Å². The van der Waals surface area contributed by atoms with Crippen molar-refractivity contribution < 1.29 is 31.0 Å². The monoisotopic (exact) mass is 479 g/mol. The van der Waals surface area contributed by atoms with Crippen LogP contribution in [0.5, 0.6) is 0 Å². The first-order valence-corrected chi connectivity index (χ1v) is 11.9. The first-order valence-electron chi connectivity index (χ1n) is 9.38. The molecule has 1 atom stereocenters. The summed E-state index contributed by atoms with van der Waals surface area (Å²) in [6, 6.07) is 18.5. The molecular weight excluding hydrogens is 451 g/mol. The summed E-state index contributed by atoms with van der Waals surface area (Å²) in [5, 5.41) is 0. The third kappa shape index (κ3) is 4.52. The second kappa shape index (κ2) is 9.17. The van der Waals surface area contributed by atoms with Crippen LogP contribution in [-0.2, 0) is 11.2 Å². The molecule has 0 amide bonds. The van der Waals surface area contributed by atoms with Gasteiger partial charge in [0.1, 0.15) is 0 Å². The van der Waals surface area contributed by atoms with Crippen molar-refractivity contribution in [2.24, 2.45) is 0 Å². The Morgan fingerprint density at radius 1 is 1.15 bits per heavy atom. The topological polar surface area (TPSA) is 32.8 Å². The molecule has 0 bridgehead atoms. The van der Waals surface area contributed by atoms with E-state index in [1.165, 1.54) is 11.3 Å². The van der Waals surface area contributed by atoms with Crippen molar-refractivity contribution in [1.82, 2.24) is 4.90 Å². The van der Waals surface area contributed by atoms with E-state index < -0.39 is 5.54 Å². The van der Waals surface area contributed by atoms with E-state index in [1.807, 2.05) is 44.4 Å². The quantitative estimate of drug-likeness (QED) is 0.253. The summed E-state index contributed by atoms with van der Waals surface area (Å²) in [6.07, 6.45) is 1.48. The van der Waals surface area contributed by atoms with Crippen LogP contribution in [0.15, 0.2) is 54.6 Å². The second-order valence-electron chi connectivity index (χ2n) is 7.04. The summed E-state index contributed by atoms with van der Waals surface area (Å²) in [5.41, 5.74) is 2.65. The minimum absolute atomic E-state index is 0.109. The number of hydrogen-bond donors (Lipinski definition) is 0. The fourth-order valence-corrected chi connectivity index (χ4v) is 5.67. The van der Waals surface area contributed by atoms with Gasteiger partial charge in [-0.2, -0.15) is 0 Å². The number of likely N-dealkylation sites (N-methyl/N-ethyl adjacent to an activating group) is 1. The van der Waals surface area contributed by atoms with Crippen LogP contribution in [-0.4, -0.2) is 48.1 Å². The van der Waals surface area contributed by atoms with Crippen LogP contribution in [0.2, 0.25) is 0 Å². The van der Waals surface area contributed by atoms with Gasteiger partial charge in [-0.25, -0.2) is 0 Å². The fourth-order valence-electron chi connectivity index (χ4n) is 3.57. The molecule has 1 heterocycles. The average molecular weight is 479 g/mol. The Balaban J connectivity index is 1.85. The van der Waals surface area contributed by atoms with Crippen LogP contribution in [0.3, 0.4) is 0 Å². The van der Waals surface area contributed by atoms with Gasteiger partial charge in [0.05, 0.1) is 0 Å². The number of hydrogen-bond acceptors (Lipinski definition) is 4. The van der Waals surface area contributed by atoms with Crippen LogP contribution >= 0.6 is 0 Å². The molecule has 146 valence electrons. The molecule has 0 aromatic heterocycles. The van der Waals surface area contributed by atoms with Crippen LogP contribution in [0.4, 0.5) is 5.69 Å². The van der Waals surface area contributed by atoms with Crippen molar-refractivity contribution in [2.75, 3.05) is 35.0 Å². The van der Waals surface area contributed by atoms with E-state index in [2.05, 4.69) is 39.2 Å². The Morgan fingerprint density at radius 3 is 2.41 bits per heavy atom. The molecule has 1 aliphatic heterocycles. The van der Waals surface area contributed by atoms with Gasteiger partial charge < -0.3 is 0 Å². The van der Waals surface area contributed by atoms with Gasteiger partial charge in [0.25, 0.3) is 0 Å². The van der Waals surface area contributed by atoms with Gasteiger partial charge >= 0.3 is 173 Å². The van der Waals surface area contributed by atoms with E-state index in [-0.39, 0.29) is 27.3 Å². The summed E-state index contributed by atoms with van der Waals surface area (Å²) < 4.78 is 8.76. The zero-order valence-electron chi connectivity index (χ0n) is 16.3. The Labute approximate surface area is 173 Å². The van der Waals surface area contributed by atoms with E-state index >= 15 is 0 Å². The number of nitrogens with zero attached hydrogens (tertiary/aromatic N) is 2. The Hall–Kier alpha value is -1.44. The fraction of sp³-hybridized carbons (Fsp3) is 0.409. The molecule has 3 rings (SSSR count). The van der Waals surface area contributed by atoms with Crippen molar-refractivity contribution in [2.45, 2.75) is 25.3 Å². The SMILES string of the molecule is CCC(Cc1ccccc1)(C(=O)c1ccc(N2CCOC[I-]2)cc1)N(C)C. The van der Waals surface area contributed by atoms with Crippen LogP contribution < -0.4 is 24.6 Å². The second-order valence-corrected chi connectivity index (χ2v) is 9.51. The first-order chi connectivity index (χ1) is 13.1. The predicted molar refractivity (Wildman–Crippen MR) is 106 cm³/mol. The third-order valence-electron chi connectivity index (χ3n) is 5.31. The Bertz CT molecular complexity index is 743. The number of alkyl halides is 1. The number of rotatable bonds is 7. The molecule has 0 N–H and O–H groups in total. The number of benzene rings is 2. The van der Waals surface area contributed by atoms with Gasteiger partial charge in [-0.05, 0) is 0 Å². The number of ketones is 1. The summed E-state index contributed by atoms with van der Waals surface area (Å²) in [7, 11) is 4.02. The molecule has 27 heavy (non-hydrogen) atoms. The number of carbonyl (C=O) groups is 1. The molecule has 5 heteroatoms. The third-order valence-corrected chi connectivity index (χ3v) is 7.90. The standard InChI is InChI=1S/C22H28IN2O2/c1-4-22(24(2)3,16-18-8-6-5-7-9-18)21(26)19-10-12-20(13-11-19)25-14-15-27-17-23-25/h5-13H,4,14-17H2,1-3H3/q-1. The number of Topliss-reactive ketones (excluding diaryl/α,β-unsaturated/α-hetero) is 1. The minimum atomic E-state index is -0.533. The molecule has 2 aromatic carbocycles. The zero-order chi connectivity index (χ0) is 19.3. The molecule has 0 aliphatic carbocycles. The van der Waals surface area contributed by atoms with Crippen molar-refractivity contribution in [3.63, 3.8) is 0 Å². The first kappa shape index (κ1) is 20.3. The van der Waals surface area contributed by atoms with Crippen LogP contribution in [0.25, 0.3) is 0 Å². The Morgan fingerprint density at radius 2 is 1.85 bits per heavy atom. The number of anilines is 1. The summed E-state index contributed by atoms with van der Waals surface area (Å²) in [4.78, 5) is 15.6. The summed E-state index contributed by atoms with van der Waals surface area (Å²) in [5.74, 6) is 0.196. The summed E-state index contributed by atoms with van der Waals surface area (Å²) in [6.45, 7) is 3.84. The maximum atomic E-state index is 13.6. The van der Waals surface area contributed by atoms with Crippen molar-refractivity contribution in [3.8, 4) is 0 Å². The molecule has 0 radical (unpaired) electrons. The summed E-state index contributed by atoms with van der Waals surface area (Å²) >= 11 is -0.109. The zero-order valence-corrected chi connectivity index (χ0v) is 18.5. The number of halogens is 1. The Kier molecular flexibility index (Phi) is 6.89. The van der Waals surface area contributed by atoms with E-state index in [0.29, 0.717) is 6.42 Å². The van der Waals surface area contributed by atoms with E-state index in [0.717, 1.165) is 29.7 Å². The van der Waals surface area contributed by atoms with E-state index in [9.17, 15) is 4.79 Å². The molecule has 1 aliphatic rings. The molecule has 2 aromatic rings. The van der Waals surface area contributed by atoms with Gasteiger partial charge in [-0.1, -0.05) is 0 Å². The number of ether oxygens (including phenoxy) is 1. The molecule has 1 unspecified atom stereocenters. The van der Waals surface area contributed by atoms with Gasteiger partial charge in [0, 0.05) is 0 Å².